The monoisotopic (exact) mass is 466 g/mol. The zero-order valence-corrected chi connectivity index (χ0v) is 19.5. The Morgan fingerprint density at radius 3 is 2.24 bits per heavy atom. The predicted molar refractivity (Wildman–Crippen MR) is 129 cm³/mol. The van der Waals surface area contributed by atoms with Crippen LogP contribution >= 0.6 is 0 Å². The van der Waals surface area contributed by atoms with Crippen LogP contribution in [0.3, 0.4) is 0 Å². The highest BCUT2D eigenvalue weighted by molar-refractivity contribution is 5.71. The molecular weight excluding hydrogens is 437 g/mol. The van der Waals surface area contributed by atoms with Crippen LogP contribution in [0.4, 0.5) is 13.2 Å². The summed E-state index contributed by atoms with van der Waals surface area (Å²) in [6.45, 7) is 4.85. The third-order valence-electron chi connectivity index (χ3n) is 6.16. The molecule has 0 aliphatic carbocycles. The van der Waals surface area contributed by atoms with Crippen molar-refractivity contribution in [3.05, 3.63) is 89.8 Å². The van der Waals surface area contributed by atoms with Crippen molar-refractivity contribution in [2.45, 2.75) is 39.2 Å². The topological polar surface area (TPSA) is 18.5 Å². The Morgan fingerprint density at radius 2 is 1.62 bits per heavy atom. The Morgan fingerprint density at radius 1 is 0.912 bits per heavy atom. The minimum atomic E-state index is -1.00. The largest absolute Gasteiger partial charge is 0.490 e. The molecule has 1 saturated heterocycles. The van der Waals surface area contributed by atoms with Crippen LogP contribution < -0.4 is 4.74 Å². The van der Waals surface area contributed by atoms with Crippen LogP contribution in [0.25, 0.3) is 22.3 Å². The van der Waals surface area contributed by atoms with Gasteiger partial charge < -0.3 is 9.47 Å². The normalized spacial score (nSPS) is 18.4. The second-order valence-electron chi connectivity index (χ2n) is 8.59. The van der Waals surface area contributed by atoms with E-state index in [4.69, 9.17) is 9.47 Å². The highest BCUT2D eigenvalue weighted by atomic mass is 19.2. The van der Waals surface area contributed by atoms with Crippen molar-refractivity contribution in [3.8, 4) is 28.0 Å². The summed E-state index contributed by atoms with van der Waals surface area (Å²) in [5.41, 5.74) is 2.58. The van der Waals surface area contributed by atoms with Crippen LogP contribution in [0.15, 0.2) is 66.7 Å². The molecule has 2 nitrogen and oxygen atoms in total. The summed E-state index contributed by atoms with van der Waals surface area (Å²) in [6.07, 6.45) is 6.66. The Bertz CT molecular complexity index is 1150. The molecule has 1 aliphatic heterocycles. The molecule has 0 bridgehead atoms. The molecule has 0 radical (unpaired) electrons. The van der Waals surface area contributed by atoms with Gasteiger partial charge in [-0.1, -0.05) is 55.5 Å². The molecule has 5 heteroatoms. The van der Waals surface area contributed by atoms with Crippen molar-refractivity contribution in [3.63, 3.8) is 0 Å². The average Bonchev–Trinajstić information content (AvgIpc) is 2.86. The quantitative estimate of drug-likeness (QED) is 0.326. The molecule has 3 aromatic carbocycles. The van der Waals surface area contributed by atoms with Gasteiger partial charge in [-0.3, -0.25) is 0 Å². The summed E-state index contributed by atoms with van der Waals surface area (Å²) in [4.78, 5) is 0. The molecule has 34 heavy (non-hydrogen) atoms. The third kappa shape index (κ3) is 5.20. The number of allylic oxidation sites excluding steroid dienone is 1. The summed E-state index contributed by atoms with van der Waals surface area (Å²) in [5, 5.41) is 0. The Balaban J connectivity index is 1.51. The van der Waals surface area contributed by atoms with Crippen LogP contribution in [0.2, 0.25) is 0 Å². The standard InChI is InChI=1S/C29H29F3O2/c1-3-5-19-6-14-26(34-18-19)22-11-12-23(25(30)17-22)20-7-9-21(10-8-20)24-13-15-27(33-16-4-2)29(32)28(24)31/h3,5,7-13,15,17,19,26H,4,6,14,16,18H2,1-2H3. The molecule has 0 saturated carbocycles. The number of rotatable bonds is 7. The van der Waals surface area contributed by atoms with Gasteiger partial charge in [0.2, 0.25) is 5.82 Å². The lowest BCUT2D eigenvalue weighted by Crippen LogP contribution is -2.19. The van der Waals surface area contributed by atoms with Crippen molar-refractivity contribution in [1.29, 1.82) is 0 Å². The molecule has 0 spiro atoms. The van der Waals surface area contributed by atoms with E-state index >= 15 is 0 Å². The van der Waals surface area contributed by atoms with E-state index < -0.39 is 11.6 Å². The van der Waals surface area contributed by atoms with E-state index in [0.29, 0.717) is 42.2 Å². The van der Waals surface area contributed by atoms with E-state index in [1.807, 2.05) is 26.0 Å². The highest BCUT2D eigenvalue weighted by Crippen LogP contribution is 2.35. The molecule has 1 heterocycles. The lowest BCUT2D eigenvalue weighted by molar-refractivity contribution is -0.00538. The number of ether oxygens (including phenoxy) is 2. The van der Waals surface area contributed by atoms with Crippen molar-refractivity contribution in [1.82, 2.24) is 0 Å². The Hall–Kier alpha value is -3.05. The van der Waals surface area contributed by atoms with Gasteiger partial charge in [-0.15, -0.1) is 0 Å². The molecule has 4 rings (SSSR count). The Labute approximate surface area is 199 Å². The molecule has 1 fully saturated rings. The van der Waals surface area contributed by atoms with Gasteiger partial charge in [0, 0.05) is 17.0 Å². The summed E-state index contributed by atoms with van der Waals surface area (Å²) in [5.74, 6) is -1.97. The van der Waals surface area contributed by atoms with Crippen molar-refractivity contribution >= 4 is 0 Å². The van der Waals surface area contributed by atoms with Gasteiger partial charge in [-0.05, 0) is 61.1 Å². The number of benzene rings is 3. The lowest BCUT2D eigenvalue weighted by Gasteiger charge is -2.28. The van der Waals surface area contributed by atoms with Gasteiger partial charge in [-0.25, -0.2) is 8.78 Å². The number of hydrogen-bond donors (Lipinski definition) is 0. The molecule has 0 N–H and O–H groups in total. The maximum Gasteiger partial charge on any atom is 0.201 e. The highest BCUT2D eigenvalue weighted by Gasteiger charge is 2.22. The molecule has 2 atom stereocenters. The lowest BCUT2D eigenvalue weighted by atomic mass is 9.93. The molecule has 0 aromatic heterocycles. The maximum atomic E-state index is 15.0. The van der Waals surface area contributed by atoms with Crippen LogP contribution in [0, 0.1) is 23.4 Å². The minimum Gasteiger partial charge on any atom is -0.490 e. The first-order chi connectivity index (χ1) is 16.5. The maximum absolute atomic E-state index is 15.0. The second-order valence-corrected chi connectivity index (χ2v) is 8.59. The fraction of sp³-hybridized carbons (Fsp3) is 0.310. The summed E-state index contributed by atoms with van der Waals surface area (Å²) >= 11 is 0. The average molecular weight is 467 g/mol. The first-order valence-electron chi connectivity index (χ1n) is 11.8. The molecule has 0 amide bonds. The van der Waals surface area contributed by atoms with Crippen molar-refractivity contribution in [2.75, 3.05) is 13.2 Å². The molecular formula is C29H29F3O2. The zero-order valence-electron chi connectivity index (χ0n) is 19.5. The van der Waals surface area contributed by atoms with Gasteiger partial charge in [0.15, 0.2) is 11.6 Å². The fourth-order valence-corrected chi connectivity index (χ4v) is 4.33. The first kappa shape index (κ1) is 24.1. The van der Waals surface area contributed by atoms with E-state index in [1.165, 1.54) is 18.2 Å². The van der Waals surface area contributed by atoms with Gasteiger partial charge in [0.1, 0.15) is 5.82 Å². The fourth-order valence-electron chi connectivity index (χ4n) is 4.33. The van der Waals surface area contributed by atoms with E-state index in [2.05, 4.69) is 6.08 Å². The molecule has 2 unspecified atom stereocenters. The van der Waals surface area contributed by atoms with E-state index in [1.54, 1.807) is 30.3 Å². The van der Waals surface area contributed by atoms with Gasteiger partial charge in [0.05, 0.1) is 19.3 Å². The van der Waals surface area contributed by atoms with Gasteiger partial charge in [-0.2, -0.15) is 4.39 Å². The molecule has 1 aliphatic rings. The van der Waals surface area contributed by atoms with Crippen LogP contribution in [-0.4, -0.2) is 13.2 Å². The van der Waals surface area contributed by atoms with E-state index in [-0.39, 0.29) is 23.2 Å². The summed E-state index contributed by atoms with van der Waals surface area (Å²) in [7, 11) is 0. The van der Waals surface area contributed by atoms with Crippen molar-refractivity contribution < 1.29 is 22.6 Å². The number of hydrogen-bond acceptors (Lipinski definition) is 2. The van der Waals surface area contributed by atoms with E-state index in [0.717, 1.165) is 18.4 Å². The summed E-state index contributed by atoms with van der Waals surface area (Å²) < 4.78 is 55.2. The molecule has 3 aromatic rings. The smallest absolute Gasteiger partial charge is 0.201 e. The first-order valence-corrected chi connectivity index (χ1v) is 11.8. The Kier molecular flexibility index (Phi) is 7.73. The third-order valence-corrected chi connectivity index (χ3v) is 6.16. The SMILES string of the molecule is CC=CC1CCC(c2ccc(-c3ccc(-c4ccc(OCCC)c(F)c4F)cc3)c(F)c2)OC1. The van der Waals surface area contributed by atoms with Gasteiger partial charge in [0.25, 0.3) is 0 Å². The zero-order chi connectivity index (χ0) is 24.1. The van der Waals surface area contributed by atoms with Gasteiger partial charge >= 0.3 is 0 Å². The molecule has 178 valence electrons. The van der Waals surface area contributed by atoms with Crippen molar-refractivity contribution in [2.24, 2.45) is 5.92 Å². The summed E-state index contributed by atoms with van der Waals surface area (Å²) in [6, 6.07) is 14.9. The van der Waals surface area contributed by atoms with Crippen LogP contribution in [-0.2, 0) is 4.74 Å². The van der Waals surface area contributed by atoms with Crippen LogP contribution in [0.1, 0.15) is 44.8 Å². The van der Waals surface area contributed by atoms with Crippen LogP contribution in [0.5, 0.6) is 5.75 Å². The minimum absolute atomic E-state index is 0.0961. The predicted octanol–water partition coefficient (Wildman–Crippen LogP) is 8.27. The number of halogens is 3. The second kappa shape index (κ2) is 10.9. The van der Waals surface area contributed by atoms with E-state index in [9.17, 15) is 13.2 Å².